The van der Waals surface area contributed by atoms with Crippen LogP contribution >= 0.6 is 24.0 Å². The molecule has 1 aliphatic carbocycles. The largest absolute Gasteiger partial charge is 0.490 e. The van der Waals surface area contributed by atoms with Gasteiger partial charge in [-0.25, -0.2) is 4.99 Å². The van der Waals surface area contributed by atoms with Crippen molar-refractivity contribution in [3.05, 3.63) is 29.8 Å². The fourth-order valence-corrected chi connectivity index (χ4v) is 2.93. The number of nitrogens with one attached hydrogen (secondary N) is 1. The quantitative estimate of drug-likeness (QED) is 0.440. The van der Waals surface area contributed by atoms with Gasteiger partial charge in [-0.15, -0.1) is 24.0 Å². The molecule has 0 aromatic heterocycles. The fraction of sp³-hybridized carbons (Fsp3) is 0.611. The molecule has 2 fully saturated rings. The van der Waals surface area contributed by atoms with E-state index in [1.807, 2.05) is 6.07 Å². The predicted molar refractivity (Wildman–Crippen MR) is 106 cm³/mol. The van der Waals surface area contributed by atoms with Gasteiger partial charge in [0, 0.05) is 25.2 Å². The minimum Gasteiger partial charge on any atom is -0.490 e. The molecule has 128 valence electrons. The molecule has 1 heterocycles. The number of rotatable bonds is 5. The van der Waals surface area contributed by atoms with Crippen LogP contribution < -0.4 is 10.1 Å². The Bertz CT molecular complexity index is 511. The number of aliphatic imine (C=N–C) groups is 1. The van der Waals surface area contributed by atoms with Gasteiger partial charge in [0.05, 0.1) is 12.6 Å². The van der Waals surface area contributed by atoms with Crippen molar-refractivity contribution in [1.29, 1.82) is 0 Å². The Kier molecular flexibility index (Phi) is 7.46. The Labute approximate surface area is 156 Å². The number of halogens is 1. The van der Waals surface area contributed by atoms with Gasteiger partial charge >= 0.3 is 0 Å². The van der Waals surface area contributed by atoms with Crippen molar-refractivity contribution in [2.75, 3.05) is 19.6 Å². The lowest BCUT2D eigenvalue weighted by Gasteiger charge is -2.27. The SMILES string of the molecule is CCNC(=NCc1ccccc1OC1CCC1)N1CCCC1.I. The number of guanidine groups is 1. The number of likely N-dealkylation sites (tertiary alicyclic amines) is 1. The van der Waals surface area contributed by atoms with E-state index in [0.717, 1.165) is 31.3 Å². The highest BCUT2D eigenvalue weighted by atomic mass is 127. The highest BCUT2D eigenvalue weighted by molar-refractivity contribution is 14.0. The maximum Gasteiger partial charge on any atom is 0.194 e. The summed E-state index contributed by atoms with van der Waals surface area (Å²) in [7, 11) is 0. The van der Waals surface area contributed by atoms with Crippen LogP contribution in [0.25, 0.3) is 0 Å². The van der Waals surface area contributed by atoms with Crippen LogP contribution in [0, 0.1) is 0 Å². The molecule has 0 spiro atoms. The van der Waals surface area contributed by atoms with E-state index in [9.17, 15) is 0 Å². The van der Waals surface area contributed by atoms with Gasteiger partial charge < -0.3 is 15.0 Å². The first kappa shape index (κ1) is 18.4. The van der Waals surface area contributed by atoms with Gasteiger partial charge in [-0.2, -0.15) is 0 Å². The van der Waals surface area contributed by atoms with Crippen molar-refractivity contribution in [3.8, 4) is 5.75 Å². The van der Waals surface area contributed by atoms with E-state index in [0.29, 0.717) is 12.6 Å². The Morgan fingerprint density at radius 3 is 2.61 bits per heavy atom. The second-order valence-corrected chi connectivity index (χ2v) is 6.14. The Morgan fingerprint density at radius 2 is 1.96 bits per heavy atom. The Morgan fingerprint density at radius 1 is 1.22 bits per heavy atom. The number of hydrogen-bond acceptors (Lipinski definition) is 2. The summed E-state index contributed by atoms with van der Waals surface area (Å²) >= 11 is 0. The van der Waals surface area contributed by atoms with Crippen LogP contribution in [-0.4, -0.2) is 36.6 Å². The monoisotopic (exact) mass is 429 g/mol. The van der Waals surface area contributed by atoms with Crippen LogP contribution in [0.15, 0.2) is 29.3 Å². The van der Waals surface area contributed by atoms with Crippen LogP contribution in [0.1, 0.15) is 44.6 Å². The van der Waals surface area contributed by atoms with E-state index in [-0.39, 0.29) is 24.0 Å². The third-order valence-corrected chi connectivity index (χ3v) is 4.46. The summed E-state index contributed by atoms with van der Waals surface area (Å²) in [6.07, 6.45) is 6.63. The third-order valence-electron chi connectivity index (χ3n) is 4.46. The number of nitrogens with zero attached hydrogens (tertiary/aromatic N) is 2. The summed E-state index contributed by atoms with van der Waals surface area (Å²) in [6, 6.07) is 8.32. The van der Waals surface area contributed by atoms with Crippen molar-refractivity contribution >= 4 is 29.9 Å². The summed E-state index contributed by atoms with van der Waals surface area (Å²) in [5.74, 6) is 2.05. The zero-order chi connectivity index (χ0) is 15.2. The molecule has 0 amide bonds. The zero-order valence-corrected chi connectivity index (χ0v) is 16.3. The summed E-state index contributed by atoms with van der Waals surface area (Å²) in [5, 5.41) is 3.41. The second-order valence-electron chi connectivity index (χ2n) is 6.14. The third kappa shape index (κ3) is 4.99. The van der Waals surface area contributed by atoms with Gasteiger partial charge in [0.2, 0.25) is 0 Å². The Hall–Kier alpha value is -0.980. The fourth-order valence-electron chi connectivity index (χ4n) is 2.93. The maximum atomic E-state index is 6.10. The van der Waals surface area contributed by atoms with E-state index in [4.69, 9.17) is 9.73 Å². The van der Waals surface area contributed by atoms with Crippen molar-refractivity contribution in [2.24, 2.45) is 4.99 Å². The summed E-state index contributed by atoms with van der Waals surface area (Å²) in [6.45, 7) is 5.95. The lowest BCUT2D eigenvalue weighted by atomic mass is 9.96. The minimum absolute atomic E-state index is 0. The van der Waals surface area contributed by atoms with Gasteiger partial charge in [-0.05, 0) is 45.1 Å². The molecule has 5 heteroatoms. The molecule has 1 N–H and O–H groups in total. The molecule has 0 radical (unpaired) electrons. The number of hydrogen-bond donors (Lipinski definition) is 1. The molecule has 4 nitrogen and oxygen atoms in total. The molecule has 0 atom stereocenters. The van der Waals surface area contributed by atoms with Gasteiger partial charge in [-0.1, -0.05) is 18.2 Å². The molecule has 0 bridgehead atoms. The van der Waals surface area contributed by atoms with Gasteiger partial charge in [0.15, 0.2) is 5.96 Å². The first-order chi connectivity index (χ1) is 10.9. The molecule has 0 unspecified atom stereocenters. The summed E-state index contributed by atoms with van der Waals surface area (Å²) in [5.41, 5.74) is 1.18. The van der Waals surface area contributed by atoms with Crippen molar-refractivity contribution < 1.29 is 4.74 Å². The van der Waals surface area contributed by atoms with E-state index in [1.54, 1.807) is 0 Å². The molecule has 23 heavy (non-hydrogen) atoms. The lowest BCUT2D eigenvalue weighted by Crippen LogP contribution is -2.39. The summed E-state index contributed by atoms with van der Waals surface area (Å²) < 4.78 is 6.10. The highest BCUT2D eigenvalue weighted by Gasteiger charge is 2.20. The first-order valence-corrected chi connectivity index (χ1v) is 8.64. The number of benzene rings is 1. The van der Waals surface area contributed by atoms with Gasteiger partial charge in [0.25, 0.3) is 0 Å². The van der Waals surface area contributed by atoms with E-state index in [1.165, 1.54) is 37.7 Å². The number of para-hydroxylation sites is 1. The predicted octanol–water partition coefficient (Wildman–Crippen LogP) is 3.80. The normalized spacial score (nSPS) is 18.3. The highest BCUT2D eigenvalue weighted by Crippen LogP contribution is 2.28. The summed E-state index contributed by atoms with van der Waals surface area (Å²) in [4.78, 5) is 7.19. The van der Waals surface area contributed by atoms with Crippen molar-refractivity contribution in [3.63, 3.8) is 0 Å². The van der Waals surface area contributed by atoms with E-state index in [2.05, 4.69) is 35.3 Å². The average Bonchev–Trinajstić information content (AvgIpc) is 3.02. The molecule has 1 saturated heterocycles. The molecular formula is C18H28IN3O. The topological polar surface area (TPSA) is 36.9 Å². The van der Waals surface area contributed by atoms with Crippen LogP contribution in [0.4, 0.5) is 0 Å². The first-order valence-electron chi connectivity index (χ1n) is 8.64. The van der Waals surface area contributed by atoms with Gasteiger partial charge in [-0.3, -0.25) is 0 Å². The van der Waals surface area contributed by atoms with E-state index < -0.39 is 0 Å². The molecular weight excluding hydrogens is 401 g/mol. The lowest BCUT2D eigenvalue weighted by molar-refractivity contribution is 0.119. The Balaban J connectivity index is 0.00000192. The van der Waals surface area contributed by atoms with Crippen molar-refractivity contribution in [1.82, 2.24) is 10.2 Å². The molecule has 3 rings (SSSR count). The standard InChI is InChI=1S/C18H27N3O.HI/c1-2-19-18(21-12-5-6-13-21)20-14-15-8-3-4-11-17(15)22-16-9-7-10-16;/h3-4,8,11,16H,2,5-7,9-10,12-14H2,1H3,(H,19,20);1H. The second kappa shape index (κ2) is 9.35. The van der Waals surface area contributed by atoms with E-state index >= 15 is 0 Å². The van der Waals surface area contributed by atoms with Crippen LogP contribution in [0.5, 0.6) is 5.75 Å². The molecule has 1 aromatic rings. The van der Waals surface area contributed by atoms with Crippen LogP contribution in [-0.2, 0) is 6.54 Å². The molecule has 2 aliphatic rings. The molecule has 1 aliphatic heterocycles. The van der Waals surface area contributed by atoms with Crippen LogP contribution in [0.3, 0.4) is 0 Å². The maximum absolute atomic E-state index is 6.10. The van der Waals surface area contributed by atoms with Gasteiger partial charge in [0.1, 0.15) is 5.75 Å². The van der Waals surface area contributed by atoms with Crippen molar-refractivity contribution in [2.45, 2.75) is 51.7 Å². The average molecular weight is 429 g/mol. The van der Waals surface area contributed by atoms with Crippen LogP contribution in [0.2, 0.25) is 0 Å². The molecule has 1 saturated carbocycles. The molecule has 1 aromatic carbocycles. The minimum atomic E-state index is 0. The zero-order valence-electron chi connectivity index (χ0n) is 14.0. The smallest absolute Gasteiger partial charge is 0.194 e. The number of ether oxygens (including phenoxy) is 1.